The highest BCUT2D eigenvalue weighted by Crippen LogP contribution is 2.17. The Balaban J connectivity index is 2.38. The van der Waals surface area contributed by atoms with Crippen LogP contribution in [-0.4, -0.2) is 25.1 Å². The summed E-state index contributed by atoms with van der Waals surface area (Å²) in [6.45, 7) is 1.75. The van der Waals surface area contributed by atoms with Crippen LogP contribution < -0.4 is 15.4 Å². The molecule has 19 heavy (non-hydrogen) atoms. The molecule has 0 radical (unpaired) electrons. The SMILES string of the molecule is CC(C)NCCC(=O)Nc1ccc(OC(F)F)cc1. The van der Waals surface area contributed by atoms with E-state index in [2.05, 4.69) is 15.4 Å². The summed E-state index contributed by atoms with van der Waals surface area (Å²) >= 11 is 0. The normalized spacial score (nSPS) is 10.8. The van der Waals surface area contributed by atoms with Crippen LogP contribution in [0.5, 0.6) is 5.75 Å². The van der Waals surface area contributed by atoms with E-state index in [1.807, 2.05) is 13.8 Å². The molecule has 0 aromatic heterocycles. The van der Waals surface area contributed by atoms with Crippen LogP contribution in [0.15, 0.2) is 24.3 Å². The highest BCUT2D eigenvalue weighted by Gasteiger charge is 2.05. The lowest BCUT2D eigenvalue weighted by Gasteiger charge is -2.09. The van der Waals surface area contributed by atoms with Crippen molar-refractivity contribution in [1.82, 2.24) is 5.32 Å². The molecule has 0 bridgehead atoms. The van der Waals surface area contributed by atoms with E-state index >= 15 is 0 Å². The van der Waals surface area contributed by atoms with E-state index in [9.17, 15) is 13.6 Å². The Morgan fingerprint density at radius 3 is 2.42 bits per heavy atom. The zero-order chi connectivity index (χ0) is 14.3. The fourth-order valence-electron chi connectivity index (χ4n) is 1.42. The summed E-state index contributed by atoms with van der Waals surface area (Å²) in [7, 11) is 0. The number of amides is 1. The van der Waals surface area contributed by atoms with Crippen molar-refractivity contribution < 1.29 is 18.3 Å². The van der Waals surface area contributed by atoms with Crippen LogP contribution in [0.2, 0.25) is 0 Å². The number of nitrogens with one attached hydrogen (secondary N) is 2. The van der Waals surface area contributed by atoms with Crippen molar-refractivity contribution >= 4 is 11.6 Å². The number of carbonyl (C=O) groups is 1. The molecule has 0 heterocycles. The zero-order valence-electron chi connectivity index (χ0n) is 11.0. The minimum Gasteiger partial charge on any atom is -0.435 e. The molecule has 0 aliphatic heterocycles. The van der Waals surface area contributed by atoms with E-state index in [4.69, 9.17) is 0 Å². The number of anilines is 1. The summed E-state index contributed by atoms with van der Waals surface area (Å²) in [5, 5.41) is 5.80. The van der Waals surface area contributed by atoms with E-state index in [0.29, 0.717) is 24.7 Å². The maximum Gasteiger partial charge on any atom is 0.387 e. The van der Waals surface area contributed by atoms with Gasteiger partial charge < -0.3 is 15.4 Å². The molecule has 0 saturated carbocycles. The van der Waals surface area contributed by atoms with Crippen LogP contribution in [0.3, 0.4) is 0 Å². The highest BCUT2D eigenvalue weighted by atomic mass is 19.3. The predicted octanol–water partition coefficient (Wildman–Crippen LogP) is 2.61. The molecule has 4 nitrogen and oxygen atoms in total. The molecule has 1 aromatic rings. The number of hydrogen-bond donors (Lipinski definition) is 2. The van der Waals surface area contributed by atoms with Gasteiger partial charge in [0.15, 0.2) is 0 Å². The minimum atomic E-state index is -2.84. The summed E-state index contributed by atoms with van der Waals surface area (Å²) in [5.41, 5.74) is 0.552. The molecule has 1 rings (SSSR count). The molecular formula is C13H18F2N2O2. The molecule has 0 saturated heterocycles. The topological polar surface area (TPSA) is 50.4 Å². The van der Waals surface area contributed by atoms with Gasteiger partial charge in [-0.3, -0.25) is 4.79 Å². The van der Waals surface area contributed by atoms with Crippen LogP contribution >= 0.6 is 0 Å². The van der Waals surface area contributed by atoms with Gasteiger partial charge in [0.1, 0.15) is 5.75 Å². The van der Waals surface area contributed by atoms with Crippen molar-refractivity contribution in [3.63, 3.8) is 0 Å². The standard InChI is InChI=1S/C13H18F2N2O2/c1-9(2)16-8-7-12(18)17-10-3-5-11(6-4-10)19-13(14)15/h3-6,9,13,16H,7-8H2,1-2H3,(H,17,18). The monoisotopic (exact) mass is 272 g/mol. The molecule has 0 aliphatic carbocycles. The van der Waals surface area contributed by atoms with Crippen LogP contribution in [0, 0.1) is 0 Å². The Kier molecular flexibility index (Phi) is 6.21. The zero-order valence-corrected chi connectivity index (χ0v) is 11.0. The van der Waals surface area contributed by atoms with E-state index in [1.165, 1.54) is 24.3 Å². The highest BCUT2D eigenvalue weighted by molar-refractivity contribution is 5.90. The molecular weight excluding hydrogens is 254 g/mol. The molecule has 0 spiro atoms. The summed E-state index contributed by atoms with van der Waals surface area (Å²) < 4.78 is 28.1. The number of carbonyl (C=O) groups excluding carboxylic acids is 1. The second-order valence-corrected chi connectivity index (χ2v) is 4.31. The quantitative estimate of drug-likeness (QED) is 0.802. The molecule has 0 atom stereocenters. The van der Waals surface area contributed by atoms with Crippen molar-refractivity contribution in [1.29, 1.82) is 0 Å². The third-order valence-electron chi connectivity index (χ3n) is 2.27. The summed E-state index contributed by atoms with van der Waals surface area (Å²) in [4.78, 5) is 11.6. The van der Waals surface area contributed by atoms with Gasteiger partial charge in [-0.1, -0.05) is 13.8 Å². The smallest absolute Gasteiger partial charge is 0.387 e. The van der Waals surface area contributed by atoms with Gasteiger partial charge in [0.25, 0.3) is 0 Å². The van der Waals surface area contributed by atoms with Gasteiger partial charge in [0, 0.05) is 24.7 Å². The van der Waals surface area contributed by atoms with Crippen molar-refractivity contribution in [2.24, 2.45) is 0 Å². The first kappa shape index (κ1) is 15.4. The first-order valence-electron chi connectivity index (χ1n) is 6.05. The molecule has 1 aromatic carbocycles. The summed E-state index contributed by atoms with van der Waals surface area (Å²) in [5.74, 6) is -0.0647. The van der Waals surface area contributed by atoms with Gasteiger partial charge in [-0.2, -0.15) is 8.78 Å². The lowest BCUT2D eigenvalue weighted by molar-refractivity contribution is -0.116. The number of rotatable bonds is 7. The van der Waals surface area contributed by atoms with Crippen LogP contribution in [-0.2, 0) is 4.79 Å². The van der Waals surface area contributed by atoms with Gasteiger partial charge in [0.2, 0.25) is 5.91 Å². The number of hydrogen-bond acceptors (Lipinski definition) is 3. The van der Waals surface area contributed by atoms with Gasteiger partial charge in [-0.05, 0) is 24.3 Å². The van der Waals surface area contributed by atoms with Crippen LogP contribution in [0.25, 0.3) is 0 Å². The van der Waals surface area contributed by atoms with E-state index in [0.717, 1.165) is 0 Å². The first-order chi connectivity index (χ1) is 8.97. The average molecular weight is 272 g/mol. The largest absolute Gasteiger partial charge is 0.435 e. The number of halogens is 2. The second kappa shape index (κ2) is 7.68. The van der Waals surface area contributed by atoms with E-state index in [-0.39, 0.29) is 11.7 Å². The minimum absolute atomic E-state index is 0.0643. The Hall–Kier alpha value is -1.69. The molecule has 0 aliphatic rings. The van der Waals surface area contributed by atoms with E-state index < -0.39 is 6.61 Å². The molecule has 0 fully saturated rings. The Bertz CT molecular complexity index is 394. The van der Waals surface area contributed by atoms with Crippen molar-refractivity contribution in [2.45, 2.75) is 32.9 Å². The maximum absolute atomic E-state index is 11.9. The fraction of sp³-hybridized carbons (Fsp3) is 0.462. The number of benzene rings is 1. The molecule has 2 N–H and O–H groups in total. The summed E-state index contributed by atoms with van der Waals surface area (Å²) in [6.07, 6.45) is 0.355. The Morgan fingerprint density at radius 2 is 1.89 bits per heavy atom. The van der Waals surface area contributed by atoms with Crippen LogP contribution in [0.1, 0.15) is 20.3 Å². The molecule has 106 valence electrons. The third kappa shape index (κ3) is 6.71. The Labute approximate surface area is 111 Å². The van der Waals surface area contributed by atoms with Crippen molar-refractivity contribution in [2.75, 3.05) is 11.9 Å². The number of alkyl halides is 2. The molecule has 1 amide bonds. The fourth-order valence-corrected chi connectivity index (χ4v) is 1.42. The predicted molar refractivity (Wildman–Crippen MR) is 69.5 cm³/mol. The molecule has 6 heteroatoms. The maximum atomic E-state index is 11.9. The van der Waals surface area contributed by atoms with E-state index in [1.54, 1.807) is 0 Å². The van der Waals surface area contributed by atoms with Gasteiger partial charge >= 0.3 is 6.61 Å². The van der Waals surface area contributed by atoms with Crippen molar-refractivity contribution in [3.05, 3.63) is 24.3 Å². The summed E-state index contributed by atoms with van der Waals surface area (Å²) in [6, 6.07) is 6.14. The molecule has 0 unspecified atom stereocenters. The lowest BCUT2D eigenvalue weighted by Crippen LogP contribution is -2.27. The lowest BCUT2D eigenvalue weighted by atomic mass is 10.3. The van der Waals surface area contributed by atoms with Gasteiger partial charge in [-0.15, -0.1) is 0 Å². The van der Waals surface area contributed by atoms with Gasteiger partial charge in [-0.25, -0.2) is 0 Å². The second-order valence-electron chi connectivity index (χ2n) is 4.31. The van der Waals surface area contributed by atoms with Gasteiger partial charge in [0.05, 0.1) is 0 Å². The first-order valence-corrected chi connectivity index (χ1v) is 6.05. The number of ether oxygens (including phenoxy) is 1. The average Bonchev–Trinajstić information content (AvgIpc) is 2.30. The van der Waals surface area contributed by atoms with Crippen molar-refractivity contribution in [3.8, 4) is 5.75 Å². The van der Waals surface area contributed by atoms with Crippen LogP contribution in [0.4, 0.5) is 14.5 Å². The third-order valence-corrected chi connectivity index (χ3v) is 2.27. The Morgan fingerprint density at radius 1 is 1.26 bits per heavy atom.